The monoisotopic (exact) mass is 249 g/mol. The van der Waals surface area contributed by atoms with Gasteiger partial charge in [0.2, 0.25) is 0 Å². The minimum absolute atomic E-state index is 0.908. The fourth-order valence-corrected chi connectivity index (χ4v) is 2.69. The number of hydrogen-bond acceptors (Lipinski definition) is 2. The van der Waals surface area contributed by atoms with Crippen molar-refractivity contribution in [2.75, 3.05) is 0 Å². The molecule has 0 amide bonds. The van der Waals surface area contributed by atoms with Gasteiger partial charge in [0, 0.05) is 0 Å². The highest BCUT2D eigenvalue weighted by molar-refractivity contribution is 5.98. The molecular formula is C17H15NO. The van der Waals surface area contributed by atoms with E-state index in [4.69, 9.17) is 5.21 Å². The Labute approximate surface area is 112 Å². The Bertz CT molecular complexity index is 641. The van der Waals surface area contributed by atoms with Crippen LogP contribution in [0.2, 0.25) is 0 Å². The number of aryl methyl sites for hydroxylation is 1. The lowest BCUT2D eigenvalue weighted by molar-refractivity contribution is 0.321. The molecule has 0 saturated carbocycles. The van der Waals surface area contributed by atoms with Crippen molar-refractivity contribution in [1.29, 1.82) is 0 Å². The molecule has 0 fully saturated rings. The zero-order valence-corrected chi connectivity index (χ0v) is 10.6. The Balaban J connectivity index is 2.24. The second-order valence-electron chi connectivity index (χ2n) is 4.67. The molecule has 3 rings (SSSR count). The van der Waals surface area contributed by atoms with Crippen LogP contribution in [0, 0.1) is 0 Å². The van der Waals surface area contributed by atoms with Crippen molar-refractivity contribution in [3.8, 4) is 0 Å². The molecule has 0 saturated heterocycles. The van der Waals surface area contributed by atoms with Crippen molar-refractivity contribution in [3.63, 3.8) is 0 Å². The molecule has 1 N–H and O–H groups in total. The van der Waals surface area contributed by atoms with Gasteiger partial charge in [-0.1, -0.05) is 59.8 Å². The van der Waals surface area contributed by atoms with Gasteiger partial charge in [-0.15, -0.1) is 0 Å². The zero-order valence-electron chi connectivity index (χ0n) is 10.6. The number of hydrogen-bond donors (Lipinski definition) is 1. The summed E-state index contributed by atoms with van der Waals surface area (Å²) in [5.74, 6) is 0. The van der Waals surface area contributed by atoms with E-state index >= 15 is 0 Å². The Morgan fingerprint density at radius 2 is 1.63 bits per heavy atom. The number of benzene rings is 2. The molecule has 2 aromatic carbocycles. The van der Waals surface area contributed by atoms with E-state index in [9.17, 15) is 0 Å². The fourth-order valence-electron chi connectivity index (χ4n) is 2.69. The van der Waals surface area contributed by atoms with E-state index in [1.54, 1.807) is 6.21 Å². The lowest BCUT2D eigenvalue weighted by Gasteiger charge is -2.21. The van der Waals surface area contributed by atoms with Crippen molar-refractivity contribution in [2.45, 2.75) is 12.8 Å². The molecule has 0 unspecified atom stereocenters. The highest BCUT2D eigenvalue weighted by Gasteiger charge is 2.18. The van der Waals surface area contributed by atoms with E-state index in [2.05, 4.69) is 41.6 Å². The summed E-state index contributed by atoms with van der Waals surface area (Å²) in [6.07, 6.45) is 3.47. The molecule has 0 aromatic heterocycles. The van der Waals surface area contributed by atoms with E-state index < -0.39 is 0 Å². The fraction of sp³-hybridized carbons (Fsp3) is 0.118. The lowest BCUT2D eigenvalue weighted by Crippen LogP contribution is -2.07. The third-order valence-corrected chi connectivity index (χ3v) is 3.55. The summed E-state index contributed by atoms with van der Waals surface area (Å²) in [7, 11) is 0. The maximum absolute atomic E-state index is 8.87. The minimum Gasteiger partial charge on any atom is -0.411 e. The third-order valence-electron chi connectivity index (χ3n) is 3.55. The van der Waals surface area contributed by atoms with Gasteiger partial charge in [-0.05, 0) is 40.7 Å². The van der Waals surface area contributed by atoms with Gasteiger partial charge in [0.15, 0.2) is 0 Å². The molecular weight excluding hydrogens is 234 g/mol. The van der Waals surface area contributed by atoms with Crippen LogP contribution in [0.15, 0.2) is 65.3 Å². The summed E-state index contributed by atoms with van der Waals surface area (Å²) in [6.45, 7) is 0. The number of oxime groups is 1. The first kappa shape index (κ1) is 11.7. The first-order valence-corrected chi connectivity index (χ1v) is 6.44. The SMILES string of the molecule is ON=CC1=C(c2ccccc2)c2ccccc2CC1. The molecule has 0 atom stereocenters. The average Bonchev–Trinajstić information content (AvgIpc) is 2.48. The zero-order chi connectivity index (χ0) is 13.1. The Morgan fingerprint density at radius 1 is 0.895 bits per heavy atom. The summed E-state index contributed by atoms with van der Waals surface area (Å²) in [4.78, 5) is 0. The average molecular weight is 249 g/mol. The number of allylic oxidation sites excluding steroid dienone is 1. The smallest absolute Gasteiger partial charge is 0.0699 e. The second-order valence-corrected chi connectivity index (χ2v) is 4.67. The topological polar surface area (TPSA) is 32.6 Å². The first-order chi connectivity index (χ1) is 9.40. The van der Waals surface area contributed by atoms with Gasteiger partial charge in [0.1, 0.15) is 0 Å². The summed E-state index contributed by atoms with van der Waals surface area (Å²) in [5, 5.41) is 12.1. The van der Waals surface area contributed by atoms with Gasteiger partial charge < -0.3 is 5.21 Å². The molecule has 0 heterocycles. The summed E-state index contributed by atoms with van der Waals surface area (Å²) >= 11 is 0. The first-order valence-electron chi connectivity index (χ1n) is 6.44. The number of rotatable bonds is 2. The van der Waals surface area contributed by atoms with E-state index in [-0.39, 0.29) is 0 Å². The highest BCUT2D eigenvalue weighted by atomic mass is 16.4. The van der Waals surface area contributed by atoms with Crippen molar-refractivity contribution in [2.24, 2.45) is 5.16 Å². The van der Waals surface area contributed by atoms with Crippen molar-refractivity contribution in [3.05, 3.63) is 76.9 Å². The van der Waals surface area contributed by atoms with E-state index in [0.29, 0.717) is 0 Å². The van der Waals surface area contributed by atoms with Crippen LogP contribution in [0.1, 0.15) is 23.1 Å². The molecule has 0 radical (unpaired) electrons. The summed E-state index contributed by atoms with van der Waals surface area (Å²) < 4.78 is 0. The van der Waals surface area contributed by atoms with Crippen LogP contribution in [-0.4, -0.2) is 11.4 Å². The standard InChI is InChI=1S/C17H15NO/c19-18-12-15-11-10-13-6-4-5-9-16(13)17(15)14-7-2-1-3-8-14/h1-9,12,19H,10-11H2. The predicted octanol–water partition coefficient (Wildman–Crippen LogP) is 3.89. The summed E-state index contributed by atoms with van der Waals surface area (Å²) in [6, 6.07) is 18.7. The normalized spacial score (nSPS) is 14.7. The number of fused-ring (bicyclic) bond motifs is 1. The van der Waals surface area contributed by atoms with Crippen molar-refractivity contribution >= 4 is 11.8 Å². The van der Waals surface area contributed by atoms with Crippen LogP contribution in [0.3, 0.4) is 0 Å². The third kappa shape index (κ3) is 2.17. The molecule has 0 bridgehead atoms. The number of nitrogens with zero attached hydrogens (tertiary/aromatic N) is 1. The molecule has 2 nitrogen and oxygen atoms in total. The Kier molecular flexibility index (Phi) is 3.15. The largest absolute Gasteiger partial charge is 0.411 e. The Hall–Kier alpha value is -2.35. The molecule has 1 aliphatic carbocycles. The molecule has 19 heavy (non-hydrogen) atoms. The maximum Gasteiger partial charge on any atom is 0.0699 e. The molecule has 2 heteroatoms. The molecule has 0 aliphatic heterocycles. The van der Waals surface area contributed by atoms with Gasteiger partial charge in [0.05, 0.1) is 6.21 Å². The van der Waals surface area contributed by atoms with Crippen molar-refractivity contribution < 1.29 is 5.21 Å². The molecule has 0 spiro atoms. The van der Waals surface area contributed by atoms with Crippen LogP contribution in [-0.2, 0) is 6.42 Å². The lowest BCUT2D eigenvalue weighted by atomic mass is 9.82. The molecule has 1 aliphatic rings. The van der Waals surface area contributed by atoms with Crippen LogP contribution in [0.5, 0.6) is 0 Å². The van der Waals surface area contributed by atoms with Crippen LogP contribution >= 0.6 is 0 Å². The summed E-state index contributed by atoms with van der Waals surface area (Å²) in [5.41, 5.74) is 6.04. The van der Waals surface area contributed by atoms with Crippen LogP contribution in [0.4, 0.5) is 0 Å². The minimum atomic E-state index is 0.908. The van der Waals surface area contributed by atoms with E-state index in [1.165, 1.54) is 22.3 Å². The van der Waals surface area contributed by atoms with Crippen molar-refractivity contribution in [1.82, 2.24) is 0 Å². The predicted molar refractivity (Wildman–Crippen MR) is 77.5 cm³/mol. The van der Waals surface area contributed by atoms with Gasteiger partial charge in [-0.2, -0.15) is 0 Å². The van der Waals surface area contributed by atoms with Gasteiger partial charge in [-0.25, -0.2) is 0 Å². The molecule has 94 valence electrons. The Morgan fingerprint density at radius 3 is 2.42 bits per heavy atom. The van der Waals surface area contributed by atoms with E-state index in [0.717, 1.165) is 18.4 Å². The maximum atomic E-state index is 8.87. The van der Waals surface area contributed by atoms with Crippen LogP contribution < -0.4 is 0 Å². The molecule has 2 aromatic rings. The van der Waals surface area contributed by atoms with E-state index in [1.807, 2.05) is 18.2 Å². The quantitative estimate of drug-likeness (QED) is 0.489. The van der Waals surface area contributed by atoms with Gasteiger partial charge in [0.25, 0.3) is 0 Å². The second kappa shape index (κ2) is 5.11. The van der Waals surface area contributed by atoms with Crippen LogP contribution in [0.25, 0.3) is 5.57 Å². The van der Waals surface area contributed by atoms with Gasteiger partial charge in [-0.3, -0.25) is 0 Å². The highest BCUT2D eigenvalue weighted by Crippen LogP contribution is 2.35. The van der Waals surface area contributed by atoms with Gasteiger partial charge >= 0.3 is 0 Å².